The van der Waals surface area contributed by atoms with E-state index in [0.717, 1.165) is 18.7 Å². The molecule has 1 aliphatic heterocycles. The Labute approximate surface area is 120 Å². The van der Waals surface area contributed by atoms with Gasteiger partial charge in [-0.1, -0.05) is 24.3 Å². The number of benzene rings is 1. The van der Waals surface area contributed by atoms with Crippen molar-refractivity contribution in [3.8, 4) is 0 Å². The number of carboxylic acids is 1. The van der Waals surface area contributed by atoms with Crippen LogP contribution in [0.25, 0.3) is 0 Å². The van der Waals surface area contributed by atoms with Gasteiger partial charge in [0.2, 0.25) is 0 Å². The summed E-state index contributed by atoms with van der Waals surface area (Å²) in [7, 11) is 2.16. The molecule has 0 spiro atoms. The normalized spacial score (nSPS) is 18.9. The van der Waals surface area contributed by atoms with E-state index in [4.69, 9.17) is 10.8 Å². The zero-order valence-electron chi connectivity index (χ0n) is 12.1. The van der Waals surface area contributed by atoms with E-state index in [1.165, 1.54) is 18.4 Å². The third kappa shape index (κ3) is 4.05. The van der Waals surface area contributed by atoms with Crippen LogP contribution in [0.3, 0.4) is 0 Å². The Kier molecular flexibility index (Phi) is 5.15. The second-order valence-corrected chi connectivity index (χ2v) is 5.79. The van der Waals surface area contributed by atoms with Crippen LogP contribution in [-0.4, -0.2) is 36.1 Å². The van der Waals surface area contributed by atoms with Crippen LogP contribution < -0.4 is 5.73 Å². The summed E-state index contributed by atoms with van der Waals surface area (Å²) < 4.78 is 0. The lowest BCUT2D eigenvalue weighted by molar-refractivity contribution is -0.137. The molecule has 4 nitrogen and oxygen atoms in total. The molecule has 110 valence electrons. The zero-order valence-corrected chi connectivity index (χ0v) is 12.1. The van der Waals surface area contributed by atoms with Crippen LogP contribution >= 0.6 is 0 Å². The summed E-state index contributed by atoms with van der Waals surface area (Å²) in [5, 5.41) is 8.73. The van der Waals surface area contributed by atoms with E-state index in [-0.39, 0.29) is 12.5 Å². The lowest BCUT2D eigenvalue weighted by Crippen LogP contribution is -2.29. The number of hydrogen-bond donors (Lipinski definition) is 2. The largest absolute Gasteiger partial charge is 0.481 e. The van der Waals surface area contributed by atoms with Gasteiger partial charge in [0.25, 0.3) is 0 Å². The maximum absolute atomic E-state index is 10.6. The van der Waals surface area contributed by atoms with Crippen molar-refractivity contribution in [1.82, 2.24) is 4.90 Å². The van der Waals surface area contributed by atoms with Gasteiger partial charge in [0.1, 0.15) is 0 Å². The fourth-order valence-corrected chi connectivity index (χ4v) is 2.83. The average molecular weight is 276 g/mol. The van der Waals surface area contributed by atoms with E-state index < -0.39 is 5.97 Å². The van der Waals surface area contributed by atoms with E-state index in [9.17, 15) is 4.79 Å². The average Bonchev–Trinajstić information content (AvgIpc) is 2.45. The highest BCUT2D eigenvalue weighted by Crippen LogP contribution is 2.29. The molecule has 2 rings (SSSR count). The standard InChI is InChI=1S/C16H24N2O2/c1-18-9-7-12(8-10-18)13-3-2-4-14(11-13)15(17)5-6-16(19)20/h2-4,11-12,15H,5-10,17H2,1H3,(H,19,20). The summed E-state index contributed by atoms with van der Waals surface area (Å²) in [6.07, 6.45) is 2.99. The molecular formula is C16H24N2O2. The van der Waals surface area contributed by atoms with Gasteiger partial charge in [-0.15, -0.1) is 0 Å². The quantitative estimate of drug-likeness (QED) is 0.866. The van der Waals surface area contributed by atoms with Gasteiger partial charge < -0.3 is 15.7 Å². The van der Waals surface area contributed by atoms with Gasteiger partial charge in [0.05, 0.1) is 0 Å². The predicted molar refractivity (Wildman–Crippen MR) is 79.7 cm³/mol. The third-order valence-electron chi connectivity index (χ3n) is 4.20. The minimum Gasteiger partial charge on any atom is -0.481 e. The van der Waals surface area contributed by atoms with Gasteiger partial charge in [-0.2, -0.15) is 0 Å². The molecule has 1 unspecified atom stereocenters. The first-order valence-electron chi connectivity index (χ1n) is 7.32. The van der Waals surface area contributed by atoms with Crippen LogP contribution in [0.15, 0.2) is 24.3 Å². The van der Waals surface area contributed by atoms with Gasteiger partial charge in [-0.25, -0.2) is 0 Å². The van der Waals surface area contributed by atoms with E-state index in [1.54, 1.807) is 0 Å². The second-order valence-electron chi connectivity index (χ2n) is 5.79. The molecule has 1 aromatic carbocycles. The first-order valence-corrected chi connectivity index (χ1v) is 7.32. The monoisotopic (exact) mass is 276 g/mol. The van der Waals surface area contributed by atoms with Gasteiger partial charge in [0.15, 0.2) is 0 Å². The minimum absolute atomic E-state index is 0.125. The topological polar surface area (TPSA) is 66.6 Å². The molecule has 1 aliphatic rings. The lowest BCUT2D eigenvalue weighted by atomic mass is 9.87. The summed E-state index contributed by atoms with van der Waals surface area (Å²) in [4.78, 5) is 13.0. The third-order valence-corrected chi connectivity index (χ3v) is 4.20. The van der Waals surface area contributed by atoms with Crippen molar-refractivity contribution in [2.45, 2.75) is 37.6 Å². The molecular weight excluding hydrogens is 252 g/mol. The molecule has 0 amide bonds. The number of likely N-dealkylation sites (tertiary alicyclic amines) is 1. The molecule has 1 aromatic rings. The summed E-state index contributed by atoms with van der Waals surface area (Å²) in [5.41, 5.74) is 8.50. The van der Waals surface area contributed by atoms with Crippen molar-refractivity contribution in [2.75, 3.05) is 20.1 Å². The number of nitrogens with two attached hydrogens (primary N) is 1. The van der Waals surface area contributed by atoms with E-state index in [0.29, 0.717) is 12.3 Å². The second kappa shape index (κ2) is 6.86. The maximum atomic E-state index is 10.6. The summed E-state index contributed by atoms with van der Waals surface area (Å²) in [6, 6.07) is 8.21. The fourth-order valence-electron chi connectivity index (χ4n) is 2.83. The summed E-state index contributed by atoms with van der Waals surface area (Å²) >= 11 is 0. The zero-order chi connectivity index (χ0) is 14.5. The lowest BCUT2D eigenvalue weighted by Gasteiger charge is -2.29. The van der Waals surface area contributed by atoms with E-state index >= 15 is 0 Å². The Balaban J connectivity index is 2.01. The van der Waals surface area contributed by atoms with E-state index in [1.807, 2.05) is 12.1 Å². The molecule has 1 fully saturated rings. The van der Waals surface area contributed by atoms with Crippen molar-refractivity contribution < 1.29 is 9.90 Å². The van der Waals surface area contributed by atoms with Crippen LogP contribution in [0.2, 0.25) is 0 Å². The molecule has 0 aliphatic carbocycles. The molecule has 0 aromatic heterocycles. The number of carbonyl (C=O) groups is 1. The number of hydrogen-bond acceptors (Lipinski definition) is 3. The fraction of sp³-hybridized carbons (Fsp3) is 0.562. The van der Waals surface area contributed by atoms with Gasteiger partial charge in [0, 0.05) is 12.5 Å². The Morgan fingerprint density at radius 3 is 2.80 bits per heavy atom. The molecule has 0 bridgehead atoms. The number of aliphatic carboxylic acids is 1. The van der Waals surface area contributed by atoms with Crippen LogP contribution in [0, 0.1) is 0 Å². The Morgan fingerprint density at radius 2 is 2.15 bits per heavy atom. The molecule has 1 heterocycles. The number of nitrogens with zero attached hydrogens (tertiary/aromatic N) is 1. The van der Waals surface area contributed by atoms with Crippen molar-refractivity contribution in [3.63, 3.8) is 0 Å². The van der Waals surface area contributed by atoms with Gasteiger partial charge in [-0.05, 0) is 56.4 Å². The van der Waals surface area contributed by atoms with Crippen LogP contribution in [0.5, 0.6) is 0 Å². The minimum atomic E-state index is -0.785. The SMILES string of the molecule is CN1CCC(c2cccc(C(N)CCC(=O)O)c2)CC1. The summed E-state index contributed by atoms with van der Waals surface area (Å²) in [5.74, 6) is -0.176. The van der Waals surface area contributed by atoms with Crippen LogP contribution in [0.1, 0.15) is 48.8 Å². The molecule has 1 atom stereocenters. The molecule has 20 heavy (non-hydrogen) atoms. The van der Waals surface area contributed by atoms with Crippen molar-refractivity contribution in [3.05, 3.63) is 35.4 Å². The number of piperidine rings is 1. The van der Waals surface area contributed by atoms with Gasteiger partial charge in [-0.3, -0.25) is 4.79 Å². The first-order chi connectivity index (χ1) is 9.56. The highest BCUT2D eigenvalue weighted by Gasteiger charge is 2.19. The van der Waals surface area contributed by atoms with Crippen LogP contribution in [0.4, 0.5) is 0 Å². The van der Waals surface area contributed by atoms with Crippen molar-refractivity contribution in [2.24, 2.45) is 5.73 Å². The molecule has 0 radical (unpaired) electrons. The Hall–Kier alpha value is -1.39. The predicted octanol–water partition coefficient (Wildman–Crippen LogP) is 2.36. The van der Waals surface area contributed by atoms with Crippen LogP contribution in [-0.2, 0) is 4.79 Å². The highest BCUT2D eigenvalue weighted by molar-refractivity contribution is 5.66. The number of rotatable bonds is 5. The molecule has 4 heteroatoms. The molecule has 0 saturated carbocycles. The van der Waals surface area contributed by atoms with Crippen molar-refractivity contribution in [1.29, 1.82) is 0 Å². The Bertz CT molecular complexity index is 454. The molecule has 3 N–H and O–H groups in total. The smallest absolute Gasteiger partial charge is 0.303 e. The summed E-state index contributed by atoms with van der Waals surface area (Å²) in [6.45, 7) is 2.28. The first kappa shape index (κ1) is 15.0. The van der Waals surface area contributed by atoms with Gasteiger partial charge >= 0.3 is 5.97 Å². The Morgan fingerprint density at radius 1 is 1.45 bits per heavy atom. The molecule has 1 saturated heterocycles. The number of carboxylic acid groups (broad SMARTS) is 1. The van der Waals surface area contributed by atoms with E-state index in [2.05, 4.69) is 24.1 Å². The highest BCUT2D eigenvalue weighted by atomic mass is 16.4. The maximum Gasteiger partial charge on any atom is 0.303 e. The van der Waals surface area contributed by atoms with Crippen molar-refractivity contribution >= 4 is 5.97 Å².